The van der Waals surface area contributed by atoms with Crippen molar-refractivity contribution >= 4 is 29.2 Å². The number of carboxylic acids is 2. The summed E-state index contributed by atoms with van der Waals surface area (Å²) in [6.07, 6.45) is -0.733. The highest BCUT2D eigenvalue weighted by Gasteiger charge is 2.23. The van der Waals surface area contributed by atoms with Gasteiger partial charge in [-0.15, -0.1) is 0 Å². The first-order valence-corrected chi connectivity index (χ1v) is 6.48. The van der Waals surface area contributed by atoms with Crippen LogP contribution in [0, 0.1) is 10.1 Å². The molecule has 1 rings (SSSR count). The molecule has 10 nitrogen and oxygen atoms in total. The first-order valence-electron chi connectivity index (χ1n) is 6.48. The molecule has 0 aliphatic heterocycles. The van der Waals surface area contributed by atoms with Gasteiger partial charge in [0.25, 0.3) is 11.6 Å². The number of nitro groups is 1. The molecule has 23 heavy (non-hydrogen) atoms. The SMILES string of the molecule is CNc1ccc(C(=O)NC(CCC(=O)O)C(=O)O)cc1[N+](=O)[O-]. The second-order valence-corrected chi connectivity index (χ2v) is 4.54. The van der Waals surface area contributed by atoms with Crippen LogP contribution >= 0.6 is 0 Å². The van der Waals surface area contributed by atoms with Crippen LogP contribution in [-0.2, 0) is 9.59 Å². The summed E-state index contributed by atoms with van der Waals surface area (Å²) in [5, 5.41) is 33.2. The number of rotatable bonds is 8. The topological polar surface area (TPSA) is 159 Å². The fourth-order valence-electron chi connectivity index (χ4n) is 1.80. The van der Waals surface area contributed by atoms with E-state index in [2.05, 4.69) is 10.6 Å². The van der Waals surface area contributed by atoms with E-state index in [1.165, 1.54) is 19.2 Å². The molecule has 0 heterocycles. The van der Waals surface area contributed by atoms with Crippen LogP contribution < -0.4 is 10.6 Å². The largest absolute Gasteiger partial charge is 0.481 e. The van der Waals surface area contributed by atoms with Crippen molar-refractivity contribution in [3.8, 4) is 0 Å². The van der Waals surface area contributed by atoms with Crippen molar-refractivity contribution in [1.29, 1.82) is 0 Å². The highest BCUT2D eigenvalue weighted by atomic mass is 16.6. The molecule has 1 amide bonds. The summed E-state index contributed by atoms with van der Waals surface area (Å²) in [6, 6.07) is 2.23. The lowest BCUT2D eigenvalue weighted by Gasteiger charge is -2.13. The molecule has 0 bridgehead atoms. The zero-order valence-corrected chi connectivity index (χ0v) is 12.1. The van der Waals surface area contributed by atoms with Gasteiger partial charge in [-0.25, -0.2) is 4.79 Å². The van der Waals surface area contributed by atoms with E-state index in [1.807, 2.05) is 0 Å². The highest BCUT2D eigenvalue weighted by Crippen LogP contribution is 2.25. The second-order valence-electron chi connectivity index (χ2n) is 4.54. The van der Waals surface area contributed by atoms with Crippen LogP contribution in [0.3, 0.4) is 0 Å². The molecule has 0 fully saturated rings. The number of carbonyl (C=O) groups excluding carboxylic acids is 1. The standard InChI is InChI=1S/C13H15N3O7/c1-14-8-3-2-7(6-10(8)16(22)23)12(19)15-9(13(20)21)4-5-11(17)18/h2-3,6,9,14H,4-5H2,1H3,(H,15,19)(H,17,18)(H,20,21). The van der Waals surface area contributed by atoms with Crippen LogP contribution in [0.2, 0.25) is 0 Å². The molecular weight excluding hydrogens is 310 g/mol. The molecule has 0 aliphatic rings. The minimum atomic E-state index is -1.40. The highest BCUT2D eigenvalue weighted by molar-refractivity contribution is 5.97. The third kappa shape index (κ3) is 4.95. The van der Waals surface area contributed by atoms with Gasteiger partial charge in [-0.3, -0.25) is 19.7 Å². The predicted molar refractivity (Wildman–Crippen MR) is 78.4 cm³/mol. The Morgan fingerprint density at radius 3 is 2.43 bits per heavy atom. The average molecular weight is 325 g/mol. The number of nitrogens with zero attached hydrogens (tertiary/aromatic N) is 1. The van der Waals surface area contributed by atoms with Crippen molar-refractivity contribution in [3.63, 3.8) is 0 Å². The molecule has 0 aromatic heterocycles. The van der Waals surface area contributed by atoms with Crippen molar-refractivity contribution in [1.82, 2.24) is 5.32 Å². The Labute approximate surface area is 130 Å². The maximum Gasteiger partial charge on any atom is 0.326 e. The molecule has 10 heteroatoms. The minimum absolute atomic E-state index is 0.0997. The van der Waals surface area contributed by atoms with Gasteiger partial charge in [0.15, 0.2) is 0 Å². The van der Waals surface area contributed by atoms with Gasteiger partial charge >= 0.3 is 11.9 Å². The number of nitrogens with one attached hydrogen (secondary N) is 2. The van der Waals surface area contributed by atoms with Crippen molar-refractivity contribution in [2.75, 3.05) is 12.4 Å². The summed E-state index contributed by atoms with van der Waals surface area (Å²) in [4.78, 5) is 43.8. The lowest BCUT2D eigenvalue weighted by Crippen LogP contribution is -2.41. The van der Waals surface area contributed by atoms with Gasteiger partial charge in [0.1, 0.15) is 11.7 Å². The molecule has 1 aromatic rings. The van der Waals surface area contributed by atoms with E-state index < -0.39 is 35.2 Å². The number of amides is 1. The maximum absolute atomic E-state index is 12.0. The second kappa shape index (κ2) is 7.73. The summed E-state index contributed by atoms with van der Waals surface area (Å²) in [7, 11) is 1.48. The molecule has 0 saturated heterocycles. The predicted octanol–water partition coefficient (Wildman–Crippen LogP) is 0.684. The monoisotopic (exact) mass is 325 g/mol. The Bertz CT molecular complexity index is 644. The summed E-state index contributed by atoms with van der Waals surface area (Å²) in [6.45, 7) is 0. The van der Waals surface area contributed by atoms with Gasteiger partial charge in [0.2, 0.25) is 0 Å². The van der Waals surface area contributed by atoms with Gasteiger partial charge in [-0.1, -0.05) is 0 Å². The fourth-order valence-corrected chi connectivity index (χ4v) is 1.80. The Balaban J connectivity index is 2.95. The number of aliphatic carboxylic acids is 2. The van der Waals surface area contributed by atoms with Crippen molar-refractivity contribution in [3.05, 3.63) is 33.9 Å². The molecule has 0 aliphatic carbocycles. The van der Waals surface area contributed by atoms with E-state index in [1.54, 1.807) is 0 Å². The van der Waals surface area contributed by atoms with E-state index in [4.69, 9.17) is 10.2 Å². The van der Waals surface area contributed by atoms with Crippen molar-refractivity contribution < 1.29 is 29.5 Å². The lowest BCUT2D eigenvalue weighted by molar-refractivity contribution is -0.384. The number of carboxylic acid groups (broad SMARTS) is 2. The quantitative estimate of drug-likeness (QED) is 0.401. The molecule has 1 atom stereocenters. The molecule has 0 saturated carbocycles. The van der Waals surface area contributed by atoms with Gasteiger partial charge in [0.05, 0.1) is 4.92 Å². The Kier molecular flexibility index (Phi) is 6.01. The third-order valence-corrected chi connectivity index (χ3v) is 2.98. The summed E-state index contributed by atoms with van der Waals surface area (Å²) in [5.74, 6) is -3.42. The number of hydrogen-bond acceptors (Lipinski definition) is 6. The zero-order chi connectivity index (χ0) is 17.6. The number of carbonyl (C=O) groups is 3. The lowest BCUT2D eigenvalue weighted by atomic mass is 10.1. The number of anilines is 1. The molecule has 124 valence electrons. The van der Waals surface area contributed by atoms with Gasteiger partial charge in [-0.2, -0.15) is 0 Å². The van der Waals surface area contributed by atoms with Gasteiger partial charge in [-0.05, 0) is 18.6 Å². The van der Waals surface area contributed by atoms with Crippen LogP contribution in [-0.4, -0.2) is 46.1 Å². The first kappa shape index (κ1) is 17.9. The van der Waals surface area contributed by atoms with Gasteiger partial charge in [0, 0.05) is 25.1 Å². The van der Waals surface area contributed by atoms with Crippen molar-refractivity contribution in [2.45, 2.75) is 18.9 Å². The smallest absolute Gasteiger partial charge is 0.326 e. The van der Waals surface area contributed by atoms with Crippen LogP contribution in [0.25, 0.3) is 0 Å². The number of hydrogen-bond donors (Lipinski definition) is 4. The number of benzene rings is 1. The van der Waals surface area contributed by atoms with Crippen LogP contribution in [0.1, 0.15) is 23.2 Å². The molecule has 0 radical (unpaired) electrons. The number of nitro benzene ring substituents is 1. The normalized spacial score (nSPS) is 11.3. The Morgan fingerprint density at radius 1 is 1.30 bits per heavy atom. The molecule has 1 aromatic carbocycles. The molecule has 4 N–H and O–H groups in total. The van der Waals surface area contributed by atoms with E-state index in [-0.39, 0.29) is 23.4 Å². The van der Waals surface area contributed by atoms with E-state index >= 15 is 0 Å². The van der Waals surface area contributed by atoms with E-state index in [9.17, 15) is 24.5 Å². The maximum atomic E-state index is 12.0. The third-order valence-electron chi connectivity index (χ3n) is 2.98. The van der Waals surface area contributed by atoms with E-state index in [0.29, 0.717) is 0 Å². The van der Waals surface area contributed by atoms with Crippen LogP contribution in [0.5, 0.6) is 0 Å². The van der Waals surface area contributed by atoms with E-state index in [0.717, 1.165) is 6.07 Å². The Morgan fingerprint density at radius 2 is 1.96 bits per heavy atom. The van der Waals surface area contributed by atoms with Crippen LogP contribution in [0.4, 0.5) is 11.4 Å². The average Bonchev–Trinajstić information content (AvgIpc) is 2.49. The fraction of sp³-hybridized carbons (Fsp3) is 0.308. The van der Waals surface area contributed by atoms with Crippen LogP contribution in [0.15, 0.2) is 18.2 Å². The molecule has 0 spiro atoms. The Hall–Kier alpha value is -3.17. The minimum Gasteiger partial charge on any atom is -0.481 e. The van der Waals surface area contributed by atoms with Crippen molar-refractivity contribution in [2.24, 2.45) is 0 Å². The zero-order valence-electron chi connectivity index (χ0n) is 12.1. The first-order chi connectivity index (χ1) is 10.8. The molecule has 1 unspecified atom stereocenters. The summed E-state index contributed by atoms with van der Waals surface area (Å²) in [5.41, 5.74) is -0.234. The summed E-state index contributed by atoms with van der Waals surface area (Å²) < 4.78 is 0. The summed E-state index contributed by atoms with van der Waals surface area (Å²) >= 11 is 0. The molecular formula is C13H15N3O7. The van der Waals surface area contributed by atoms with Gasteiger partial charge < -0.3 is 20.8 Å².